The van der Waals surface area contributed by atoms with E-state index in [1.165, 1.54) is 23.1 Å². The van der Waals surface area contributed by atoms with E-state index in [0.717, 1.165) is 42.9 Å². The van der Waals surface area contributed by atoms with E-state index in [2.05, 4.69) is 54.3 Å². The highest BCUT2D eigenvalue weighted by atomic mass is 16.7. The molecule has 2 N–H and O–H groups in total. The molecular formula is C28H36N6O4. The number of amides is 1. The summed E-state index contributed by atoms with van der Waals surface area (Å²) in [5.41, 5.74) is 4.32. The first-order valence-electron chi connectivity index (χ1n) is 12.7. The number of aryl methyl sites for hydroxylation is 1. The minimum atomic E-state index is -1.17. The number of hydroxylamine groups is 1. The van der Waals surface area contributed by atoms with Crippen LogP contribution in [0.3, 0.4) is 0 Å². The van der Waals surface area contributed by atoms with Gasteiger partial charge in [0, 0.05) is 37.8 Å². The van der Waals surface area contributed by atoms with Crippen LogP contribution in [-0.4, -0.2) is 69.7 Å². The van der Waals surface area contributed by atoms with Crippen LogP contribution < -0.4 is 10.4 Å². The summed E-state index contributed by atoms with van der Waals surface area (Å²) in [4.78, 5) is 33.1. The Labute approximate surface area is 223 Å². The van der Waals surface area contributed by atoms with Gasteiger partial charge in [0.05, 0.1) is 24.7 Å². The second kappa shape index (κ2) is 11.0. The van der Waals surface area contributed by atoms with E-state index in [1.807, 2.05) is 19.1 Å². The fourth-order valence-corrected chi connectivity index (χ4v) is 4.62. The highest BCUT2D eigenvalue weighted by Crippen LogP contribution is 2.30. The summed E-state index contributed by atoms with van der Waals surface area (Å²) in [5, 5.41) is 21.6. The van der Waals surface area contributed by atoms with Crippen molar-refractivity contribution in [3.05, 3.63) is 70.5 Å². The van der Waals surface area contributed by atoms with Crippen molar-refractivity contribution in [3.8, 4) is 5.69 Å². The molecule has 0 saturated carbocycles. The molecule has 1 saturated heterocycles. The lowest BCUT2D eigenvalue weighted by molar-refractivity contribution is 0.0689. The molecule has 0 spiro atoms. The number of rotatable bonds is 7. The molecule has 38 heavy (non-hydrogen) atoms. The quantitative estimate of drug-likeness (QED) is 0.455. The Hall–Kier alpha value is -3.60. The van der Waals surface area contributed by atoms with Crippen molar-refractivity contribution in [1.82, 2.24) is 25.2 Å². The van der Waals surface area contributed by atoms with Gasteiger partial charge in [0.25, 0.3) is 5.91 Å². The molecule has 0 aliphatic carbocycles. The fraction of sp³-hybridized carbons (Fsp3) is 0.429. The average molecular weight is 521 g/mol. The number of nitrogens with one attached hydrogen (secondary N) is 1. The predicted molar refractivity (Wildman–Crippen MR) is 145 cm³/mol. The highest BCUT2D eigenvalue weighted by Gasteiger charge is 2.24. The Bertz CT molecular complexity index is 1330. The number of nitrogens with zero attached hydrogens (tertiary/aromatic N) is 5. The lowest BCUT2D eigenvalue weighted by Gasteiger charge is -2.32. The lowest BCUT2D eigenvalue weighted by Crippen LogP contribution is -2.48. The summed E-state index contributed by atoms with van der Waals surface area (Å²) in [6.45, 7) is 14.1. The molecule has 3 aromatic rings. The molecule has 1 unspecified atom stereocenters. The van der Waals surface area contributed by atoms with Crippen LogP contribution in [0.15, 0.2) is 42.6 Å². The van der Waals surface area contributed by atoms with Gasteiger partial charge in [-0.05, 0) is 60.2 Å². The minimum absolute atomic E-state index is 0.129. The van der Waals surface area contributed by atoms with Gasteiger partial charge in [-0.15, -0.1) is 5.10 Å². The van der Waals surface area contributed by atoms with E-state index in [9.17, 15) is 14.7 Å². The first kappa shape index (κ1) is 27.4. The maximum absolute atomic E-state index is 13.7. The van der Waals surface area contributed by atoms with Gasteiger partial charge >= 0.3 is 5.97 Å². The second-order valence-corrected chi connectivity index (χ2v) is 10.9. The van der Waals surface area contributed by atoms with Crippen molar-refractivity contribution in [2.75, 3.05) is 31.8 Å². The van der Waals surface area contributed by atoms with Crippen LogP contribution in [0.4, 0.5) is 5.69 Å². The van der Waals surface area contributed by atoms with Crippen LogP contribution in [0.5, 0.6) is 0 Å². The van der Waals surface area contributed by atoms with Crippen molar-refractivity contribution in [1.29, 1.82) is 0 Å². The molecule has 0 bridgehead atoms. The molecule has 4 rings (SSSR count). The molecule has 1 aliphatic heterocycles. The Balaban J connectivity index is 1.68. The Morgan fingerprint density at radius 2 is 1.97 bits per heavy atom. The number of piperazine rings is 1. The predicted octanol–water partition coefficient (Wildman–Crippen LogP) is 3.57. The zero-order chi connectivity index (χ0) is 27.6. The van der Waals surface area contributed by atoms with Crippen LogP contribution in [0.1, 0.15) is 65.2 Å². The first-order valence-corrected chi connectivity index (χ1v) is 12.7. The SMILES string of the molecule is CON(C(=O)c1ccc(C)c(-n2cc(C(=O)O)nn2)c1)c1cc(CN2CCNC(C)C2)cc(C(C)(C)C)c1. The molecule has 1 amide bonds. The number of carboxylic acid groups (broad SMARTS) is 1. The molecule has 202 valence electrons. The Morgan fingerprint density at radius 3 is 2.61 bits per heavy atom. The summed E-state index contributed by atoms with van der Waals surface area (Å²) in [7, 11) is 1.48. The zero-order valence-corrected chi connectivity index (χ0v) is 22.9. The molecule has 1 aliphatic rings. The number of carbonyl (C=O) groups excluding carboxylic acids is 1. The van der Waals surface area contributed by atoms with Gasteiger partial charge in [-0.2, -0.15) is 5.06 Å². The maximum Gasteiger partial charge on any atom is 0.358 e. The van der Waals surface area contributed by atoms with E-state index in [0.29, 0.717) is 23.0 Å². The Morgan fingerprint density at radius 1 is 1.21 bits per heavy atom. The van der Waals surface area contributed by atoms with Gasteiger partial charge in [-0.25, -0.2) is 9.48 Å². The van der Waals surface area contributed by atoms with Crippen LogP contribution in [0, 0.1) is 6.92 Å². The third-order valence-corrected chi connectivity index (χ3v) is 6.72. The number of aromatic nitrogens is 3. The normalized spacial score (nSPS) is 16.4. The molecule has 10 heteroatoms. The van der Waals surface area contributed by atoms with Crippen LogP contribution in [0.25, 0.3) is 5.69 Å². The minimum Gasteiger partial charge on any atom is -0.476 e. The maximum atomic E-state index is 13.7. The highest BCUT2D eigenvalue weighted by molar-refractivity contribution is 6.05. The van der Waals surface area contributed by atoms with E-state index < -0.39 is 5.97 Å². The van der Waals surface area contributed by atoms with Gasteiger partial charge < -0.3 is 10.4 Å². The number of hydrogen-bond acceptors (Lipinski definition) is 7. The van der Waals surface area contributed by atoms with Gasteiger partial charge in [0.1, 0.15) is 0 Å². The summed E-state index contributed by atoms with van der Waals surface area (Å²) in [6.07, 6.45) is 1.32. The van der Waals surface area contributed by atoms with Gasteiger partial charge in [-0.3, -0.25) is 14.5 Å². The van der Waals surface area contributed by atoms with Crippen molar-refractivity contribution in [2.45, 2.75) is 52.6 Å². The van der Waals surface area contributed by atoms with Crippen LogP contribution in [-0.2, 0) is 16.8 Å². The number of benzene rings is 2. The topological polar surface area (TPSA) is 113 Å². The van der Waals surface area contributed by atoms with E-state index in [4.69, 9.17) is 4.84 Å². The largest absolute Gasteiger partial charge is 0.476 e. The monoisotopic (exact) mass is 520 g/mol. The van der Waals surface area contributed by atoms with Crippen molar-refractivity contribution in [2.24, 2.45) is 0 Å². The molecule has 1 atom stereocenters. The molecule has 1 aromatic heterocycles. The molecule has 0 radical (unpaired) electrons. The Kier molecular flexibility index (Phi) is 7.96. The molecule has 2 aromatic carbocycles. The van der Waals surface area contributed by atoms with Crippen molar-refractivity contribution >= 4 is 17.6 Å². The van der Waals surface area contributed by atoms with Crippen molar-refractivity contribution < 1.29 is 19.5 Å². The van der Waals surface area contributed by atoms with E-state index in [-0.39, 0.29) is 17.0 Å². The third-order valence-electron chi connectivity index (χ3n) is 6.72. The molecular weight excluding hydrogens is 484 g/mol. The fourth-order valence-electron chi connectivity index (χ4n) is 4.62. The lowest BCUT2D eigenvalue weighted by atomic mass is 9.85. The number of anilines is 1. The van der Waals surface area contributed by atoms with Crippen molar-refractivity contribution in [3.63, 3.8) is 0 Å². The van der Waals surface area contributed by atoms with E-state index >= 15 is 0 Å². The smallest absolute Gasteiger partial charge is 0.358 e. The number of hydrogen-bond donors (Lipinski definition) is 2. The third kappa shape index (κ3) is 6.09. The summed E-state index contributed by atoms with van der Waals surface area (Å²) in [5.74, 6) is -1.52. The number of carbonyl (C=O) groups is 2. The first-order chi connectivity index (χ1) is 18.0. The van der Waals surface area contributed by atoms with Gasteiger partial charge in [0.15, 0.2) is 5.69 Å². The van der Waals surface area contributed by atoms with E-state index in [1.54, 1.807) is 18.2 Å². The van der Waals surface area contributed by atoms with Crippen LogP contribution in [0.2, 0.25) is 0 Å². The van der Waals surface area contributed by atoms with Gasteiger partial charge in [0.2, 0.25) is 0 Å². The zero-order valence-electron chi connectivity index (χ0n) is 22.9. The number of carboxylic acids is 1. The molecule has 1 fully saturated rings. The summed E-state index contributed by atoms with van der Waals surface area (Å²) in [6, 6.07) is 11.8. The molecule has 10 nitrogen and oxygen atoms in total. The number of aromatic carboxylic acids is 1. The second-order valence-electron chi connectivity index (χ2n) is 10.9. The average Bonchev–Trinajstić information content (AvgIpc) is 3.35. The summed E-state index contributed by atoms with van der Waals surface area (Å²) < 4.78 is 1.36. The summed E-state index contributed by atoms with van der Waals surface area (Å²) >= 11 is 0. The molecule has 2 heterocycles. The standard InChI is InChI=1S/C28H36N6O4/c1-18-7-8-21(13-25(18)33-17-24(27(36)37)30-31-33)26(35)34(38-6)23-12-20(11-22(14-23)28(3,4)5)16-32-10-9-29-19(2)15-32/h7-8,11-14,17,19,29H,9-10,15-16H2,1-6H3,(H,36,37). The van der Waals surface area contributed by atoms with Gasteiger partial charge in [-0.1, -0.05) is 38.1 Å². The van der Waals surface area contributed by atoms with Crippen LogP contribution >= 0.6 is 0 Å².